The third kappa shape index (κ3) is 7.07. The van der Waals surface area contributed by atoms with Gasteiger partial charge in [0.2, 0.25) is 0 Å². The Balaban J connectivity index is 1.94. The first-order valence-corrected chi connectivity index (χ1v) is 6.73. The highest BCUT2D eigenvalue weighted by molar-refractivity contribution is 5.69. The summed E-state index contributed by atoms with van der Waals surface area (Å²) < 4.78 is 5.12. The van der Waals surface area contributed by atoms with Crippen LogP contribution in [0.25, 0.3) is 0 Å². The predicted molar refractivity (Wildman–Crippen MR) is 73.2 cm³/mol. The Bertz CT molecular complexity index is 325. The molecule has 0 aliphatic heterocycles. The highest BCUT2D eigenvalue weighted by Crippen LogP contribution is 1.98. The van der Waals surface area contributed by atoms with E-state index in [4.69, 9.17) is 4.74 Å². The van der Waals surface area contributed by atoms with Crippen molar-refractivity contribution in [3.63, 3.8) is 0 Å². The molecular formula is C15H23NO2. The Kier molecular flexibility index (Phi) is 7.89. The largest absolute Gasteiger partial charge is 0.466 e. The maximum Gasteiger partial charge on any atom is 0.305 e. The van der Waals surface area contributed by atoms with Crippen LogP contribution in [0.4, 0.5) is 0 Å². The van der Waals surface area contributed by atoms with Gasteiger partial charge in [0.15, 0.2) is 0 Å². The summed E-state index contributed by atoms with van der Waals surface area (Å²) in [5, 5.41) is 3.33. The van der Waals surface area contributed by atoms with Crippen LogP contribution in [0.15, 0.2) is 30.3 Å². The summed E-state index contributed by atoms with van der Waals surface area (Å²) in [6, 6.07) is 10.3. The number of esters is 1. The van der Waals surface area contributed by atoms with Gasteiger partial charge in [0.1, 0.15) is 0 Å². The molecule has 3 heteroatoms. The lowest BCUT2D eigenvalue weighted by Crippen LogP contribution is -2.17. The normalized spacial score (nSPS) is 10.3. The van der Waals surface area contributed by atoms with Gasteiger partial charge in [0, 0.05) is 13.0 Å². The first kappa shape index (κ1) is 14.7. The van der Waals surface area contributed by atoms with E-state index in [-0.39, 0.29) is 5.97 Å². The van der Waals surface area contributed by atoms with E-state index < -0.39 is 0 Å². The molecule has 3 nitrogen and oxygen atoms in total. The van der Waals surface area contributed by atoms with Crippen LogP contribution in [0, 0.1) is 0 Å². The number of rotatable bonds is 9. The van der Waals surface area contributed by atoms with E-state index in [1.165, 1.54) is 5.56 Å². The average Bonchev–Trinajstić information content (AvgIpc) is 2.41. The first-order chi connectivity index (χ1) is 8.83. The average molecular weight is 249 g/mol. The van der Waals surface area contributed by atoms with Gasteiger partial charge in [-0.25, -0.2) is 0 Å². The lowest BCUT2D eigenvalue weighted by Gasteiger charge is -2.06. The van der Waals surface area contributed by atoms with Crippen LogP contribution in [0.1, 0.15) is 38.2 Å². The molecule has 1 N–H and O–H groups in total. The second-order valence-electron chi connectivity index (χ2n) is 4.34. The van der Waals surface area contributed by atoms with Crippen LogP contribution >= 0.6 is 0 Å². The van der Waals surface area contributed by atoms with E-state index in [0.29, 0.717) is 13.0 Å². The van der Waals surface area contributed by atoms with E-state index in [0.717, 1.165) is 32.4 Å². The molecule has 0 aliphatic carbocycles. The van der Waals surface area contributed by atoms with Crippen molar-refractivity contribution in [1.29, 1.82) is 0 Å². The molecular weight excluding hydrogens is 226 g/mol. The van der Waals surface area contributed by atoms with Gasteiger partial charge in [-0.05, 0) is 24.9 Å². The van der Waals surface area contributed by atoms with E-state index in [2.05, 4.69) is 24.4 Å². The van der Waals surface area contributed by atoms with Crippen LogP contribution in [0.5, 0.6) is 0 Å². The minimum atomic E-state index is -0.0695. The van der Waals surface area contributed by atoms with Crippen molar-refractivity contribution in [2.45, 2.75) is 39.2 Å². The van der Waals surface area contributed by atoms with Crippen LogP contribution in [-0.4, -0.2) is 19.1 Å². The van der Waals surface area contributed by atoms with Crippen molar-refractivity contribution in [2.75, 3.05) is 13.2 Å². The van der Waals surface area contributed by atoms with Crippen molar-refractivity contribution in [2.24, 2.45) is 0 Å². The Labute approximate surface area is 110 Å². The van der Waals surface area contributed by atoms with Crippen LogP contribution in [-0.2, 0) is 16.1 Å². The molecule has 0 amide bonds. The van der Waals surface area contributed by atoms with Gasteiger partial charge in [-0.15, -0.1) is 0 Å². The van der Waals surface area contributed by atoms with Gasteiger partial charge in [0.25, 0.3) is 0 Å². The fraction of sp³-hybridized carbons (Fsp3) is 0.533. The predicted octanol–water partition coefficient (Wildman–Crippen LogP) is 2.90. The van der Waals surface area contributed by atoms with Gasteiger partial charge in [-0.3, -0.25) is 4.79 Å². The van der Waals surface area contributed by atoms with Crippen LogP contribution < -0.4 is 5.32 Å². The monoisotopic (exact) mass is 249 g/mol. The molecule has 0 saturated heterocycles. The number of ether oxygens (including phenoxy) is 1. The van der Waals surface area contributed by atoms with Crippen molar-refractivity contribution in [3.8, 4) is 0 Å². The van der Waals surface area contributed by atoms with E-state index >= 15 is 0 Å². The summed E-state index contributed by atoms with van der Waals surface area (Å²) in [6.07, 6.45) is 3.37. The summed E-state index contributed by atoms with van der Waals surface area (Å²) >= 11 is 0. The number of carbonyl (C=O) groups excluding carboxylic acids is 1. The molecule has 0 bridgehead atoms. The van der Waals surface area contributed by atoms with Gasteiger partial charge < -0.3 is 10.1 Å². The van der Waals surface area contributed by atoms with Crippen molar-refractivity contribution < 1.29 is 9.53 Å². The number of unbranched alkanes of at least 4 members (excludes halogenated alkanes) is 1. The molecule has 1 aromatic rings. The van der Waals surface area contributed by atoms with E-state index in [9.17, 15) is 4.79 Å². The number of benzene rings is 1. The molecule has 0 aromatic heterocycles. The van der Waals surface area contributed by atoms with E-state index in [1.54, 1.807) is 0 Å². The van der Waals surface area contributed by atoms with E-state index in [1.807, 2.05) is 18.2 Å². The van der Waals surface area contributed by atoms with Gasteiger partial charge in [0.05, 0.1) is 6.61 Å². The smallest absolute Gasteiger partial charge is 0.305 e. The molecule has 0 spiro atoms. The van der Waals surface area contributed by atoms with Crippen molar-refractivity contribution in [1.82, 2.24) is 5.32 Å². The fourth-order valence-electron chi connectivity index (χ4n) is 1.61. The summed E-state index contributed by atoms with van der Waals surface area (Å²) in [6.45, 7) is 4.33. The molecule has 18 heavy (non-hydrogen) atoms. The highest BCUT2D eigenvalue weighted by atomic mass is 16.5. The Morgan fingerprint density at radius 3 is 2.72 bits per heavy atom. The summed E-state index contributed by atoms with van der Waals surface area (Å²) in [7, 11) is 0. The van der Waals surface area contributed by atoms with Gasteiger partial charge >= 0.3 is 5.97 Å². The first-order valence-electron chi connectivity index (χ1n) is 6.73. The molecule has 100 valence electrons. The summed E-state index contributed by atoms with van der Waals surface area (Å²) in [4.78, 5) is 11.2. The lowest BCUT2D eigenvalue weighted by molar-refractivity contribution is -0.143. The quantitative estimate of drug-likeness (QED) is 0.540. The zero-order valence-corrected chi connectivity index (χ0v) is 11.2. The maximum atomic E-state index is 11.2. The molecule has 0 saturated carbocycles. The summed E-state index contributed by atoms with van der Waals surface area (Å²) in [5.41, 5.74) is 1.28. The molecule has 0 radical (unpaired) electrons. The van der Waals surface area contributed by atoms with Crippen molar-refractivity contribution in [3.05, 3.63) is 35.9 Å². The fourth-order valence-corrected chi connectivity index (χ4v) is 1.61. The number of carbonyl (C=O) groups is 1. The van der Waals surface area contributed by atoms with Crippen LogP contribution in [0.3, 0.4) is 0 Å². The Morgan fingerprint density at radius 1 is 1.22 bits per heavy atom. The number of hydrogen-bond acceptors (Lipinski definition) is 3. The van der Waals surface area contributed by atoms with Gasteiger partial charge in [-0.2, -0.15) is 0 Å². The molecule has 0 aliphatic rings. The molecule has 1 aromatic carbocycles. The maximum absolute atomic E-state index is 11.2. The molecule has 0 heterocycles. The zero-order chi connectivity index (χ0) is 13.1. The third-order valence-corrected chi connectivity index (χ3v) is 2.67. The summed E-state index contributed by atoms with van der Waals surface area (Å²) in [5.74, 6) is -0.0695. The SMILES string of the molecule is CCCCC(=O)OCCCNCc1ccccc1. The minimum absolute atomic E-state index is 0.0695. The Hall–Kier alpha value is -1.35. The number of hydrogen-bond donors (Lipinski definition) is 1. The molecule has 0 atom stereocenters. The Morgan fingerprint density at radius 2 is 2.00 bits per heavy atom. The molecule has 1 rings (SSSR count). The topological polar surface area (TPSA) is 38.3 Å². The third-order valence-electron chi connectivity index (χ3n) is 2.67. The minimum Gasteiger partial charge on any atom is -0.466 e. The van der Waals surface area contributed by atoms with Crippen LogP contribution in [0.2, 0.25) is 0 Å². The molecule has 0 unspecified atom stereocenters. The molecule has 0 fully saturated rings. The highest BCUT2D eigenvalue weighted by Gasteiger charge is 2.00. The standard InChI is InChI=1S/C15H23NO2/c1-2-3-10-15(17)18-12-7-11-16-13-14-8-5-4-6-9-14/h4-6,8-9,16H,2-3,7,10-13H2,1H3. The second kappa shape index (κ2) is 9.66. The van der Waals surface area contributed by atoms with Gasteiger partial charge in [-0.1, -0.05) is 43.7 Å². The number of nitrogens with one attached hydrogen (secondary N) is 1. The second-order valence-corrected chi connectivity index (χ2v) is 4.34. The lowest BCUT2D eigenvalue weighted by atomic mass is 10.2. The zero-order valence-electron chi connectivity index (χ0n) is 11.2. The van der Waals surface area contributed by atoms with Crippen molar-refractivity contribution >= 4 is 5.97 Å².